The molecule has 4 aromatic heterocycles. The summed E-state index contributed by atoms with van der Waals surface area (Å²) in [6.07, 6.45) is 6.12. The number of pyridine rings is 4. The number of thiocarbonyl (C=S) groups is 2. The summed E-state index contributed by atoms with van der Waals surface area (Å²) in [6.45, 7) is 5.17. The molecule has 0 amide bonds. The summed E-state index contributed by atoms with van der Waals surface area (Å²) in [5.41, 5.74) is 2.34. The third kappa shape index (κ3) is 14.2. The predicted molar refractivity (Wildman–Crippen MR) is 163 cm³/mol. The van der Waals surface area contributed by atoms with Crippen LogP contribution in [0.4, 0.5) is 0 Å². The molecule has 0 bridgehead atoms. The van der Waals surface area contributed by atoms with Gasteiger partial charge in [-0.2, -0.15) is 10.3 Å². The van der Waals surface area contributed by atoms with Crippen LogP contribution >= 0.6 is 24.4 Å². The molecule has 0 saturated carbocycles. The van der Waals surface area contributed by atoms with E-state index in [1.54, 1.807) is 12.4 Å². The number of isothiocyanates is 2. The van der Waals surface area contributed by atoms with Crippen molar-refractivity contribution in [1.82, 2.24) is 19.9 Å². The molecule has 0 spiro atoms. The summed E-state index contributed by atoms with van der Waals surface area (Å²) >= 11 is 7.40. The number of ether oxygens (including phenoxy) is 2. The van der Waals surface area contributed by atoms with Crippen molar-refractivity contribution in [2.45, 2.75) is 13.8 Å². The van der Waals surface area contributed by atoms with Gasteiger partial charge in [0.25, 0.3) is 0 Å². The van der Waals surface area contributed by atoms with Crippen LogP contribution in [0.1, 0.15) is 34.6 Å². The standard InChI is InChI=1S/C14H16N2O2.C12H8N2O4.2CNS.Ru/c1-3-17-11-5-7-15-13(9-11)14-10-12(18-4-2)6-8-16-14;15-11(16)7-1-3-13-9(5-7)10-6-8(12(17)18)2-4-14-10;2*2-1-3;/h5-10H,3-4H2,1-2H3;1-6H,(H,15,16)(H,17,18);;;/q;;2*-1;+2. The molecule has 222 valence electrons. The van der Waals surface area contributed by atoms with Gasteiger partial charge < -0.3 is 30.5 Å². The fraction of sp³-hybridized carbons (Fsp3) is 0.143. The average Bonchev–Trinajstić information content (AvgIpc) is 2.99. The second kappa shape index (κ2) is 22.0. The van der Waals surface area contributed by atoms with Crippen LogP contribution in [-0.2, 0) is 19.5 Å². The quantitative estimate of drug-likeness (QED) is 0.128. The van der Waals surface area contributed by atoms with Crippen molar-refractivity contribution >= 4 is 46.7 Å². The first kappa shape index (κ1) is 38.4. The van der Waals surface area contributed by atoms with Crippen LogP contribution in [0.2, 0.25) is 0 Å². The molecule has 0 radical (unpaired) electrons. The van der Waals surface area contributed by atoms with Crippen molar-refractivity contribution in [2.75, 3.05) is 13.2 Å². The van der Waals surface area contributed by atoms with E-state index in [4.69, 9.17) is 30.5 Å². The van der Waals surface area contributed by atoms with Crippen LogP contribution in [0.3, 0.4) is 0 Å². The van der Waals surface area contributed by atoms with Gasteiger partial charge in [-0.05, 0) is 50.2 Å². The first-order chi connectivity index (χ1) is 20.2. The van der Waals surface area contributed by atoms with Gasteiger partial charge in [0.05, 0.1) is 47.1 Å². The van der Waals surface area contributed by atoms with E-state index in [2.05, 4.69) is 44.4 Å². The van der Waals surface area contributed by atoms with Crippen LogP contribution in [0, 0.1) is 0 Å². The molecular weight excluding hydrogens is 682 g/mol. The third-order valence-electron chi connectivity index (χ3n) is 4.62. The van der Waals surface area contributed by atoms with Crippen LogP contribution in [0.25, 0.3) is 33.6 Å². The molecule has 2 N–H and O–H groups in total. The van der Waals surface area contributed by atoms with E-state index in [0.29, 0.717) is 24.6 Å². The van der Waals surface area contributed by atoms with Crippen molar-refractivity contribution < 1.29 is 48.8 Å². The van der Waals surface area contributed by atoms with E-state index in [0.717, 1.165) is 22.9 Å². The summed E-state index contributed by atoms with van der Waals surface area (Å²) in [6, 6.07) is 12.8. The second-order valence-corrected chi connectivity index (χ2v) is 7.64. The Bertz CT molecular complexity index is 1430. The monoisotopic (exact) mass is 706 g/mol. The Morgan fingerprint density at radius 3 is 1.23 bits per heavy atom. The minimum atomic E-state index is -1.08. The Balaban J connectivity index is 0.000000680. The van der Waals surface area contributed by atoms with E-state index in [1.807, 2.05) is 38.1 Å². The number of carboxylic acids is 2. The van der Waals surface area contributed by atoms with Gasteiger partial charge in [-0.25, -0.2) is 9.59 Å². The van der Waals surface area contributed by atoms with Crippen LogP contribution in [-0.4, -0.2) is 65.6 Å². The fourth-order valence-corrected chi connectivity index (χ4v) is 3.02. The van der Waals surface area contributed by atoms with E-state index in [1.165, 1.54) is 47.0 Å². The summed E-state index contributed by atoms with van der Waals surface area (Å²) in [7, 11) is 0. The minimum absolute atomic E-state index is 0. The fourth-order valence-electron chi connectivity index (χ4n) is 3.02. The Hall–Kier alpha value is -4.64. The largest absolute Gasteiger partial charge is 2.00 e. The number of nitrogens with zero attached hydrogens (tertiary/aromatic N) is 6. The maximum absolute atomic E-state index is 10.8. The SMILES string of the molecule is CCOc1ccnc(-c2cc(OCC)ccn2)c1.O=C(O)c1ccnc(-c2cc(C(=O)O)ccn2)c1.[N-]=C=S.[N-]=C=S.[Ru+2]. The second-order valence-electron chi connectivity index (χ2n) is 7.27. The molecule has 43 heavy (non-hydrogen) atoms. The first-order valence-corrected chi connectivity index (χ1v) is 12.7. The molecule has 0 atom stereocenters. The van der Waals surface area contributed by atoms with Gasteiger partial charge in [0.2, 0.25) is 0 Å². The number of aromatic carboxylic acids is 2. The summed E-state index contributed by atoms with van der Waals surface area (Å²) in [5, 5.41) is 34.6. The molecule has 4 rings (SSSR count). The Morgan fingerprint density at radius 1 is 0.674 bits per heavy atom. The van der Waals surface area contributed by atoms with Crippen molar-refractivity contribution in [2.24, 2.45) is 0 Å². The molecule has 12 nitrogen and oxygen atoms in total. The number of carbonyl (C=O) groups is 2. The summed E-state index contributed by atoms with van der Waals surface area (Å²) in [4.78, 5) is 38.2. The van der Waals surface area contributed by atoms with Crippen molar-refractivity contribution in [3.05, 3.63) is 95.3 Å². The molecule has 15 heteroatoms. The van der Waals surface area contributed by atoms with E-state index < -0.39 is 11.9 Å². The molecule has 0 unspecified atom stereocenters. The van der Waals surface area contributed by atoms with Gasteiger partial charge in [0.1, 0.15) is 11.5 Å². The number of rotatable bonds is 8. The topological polar surface area (TPSA) is 189 Å². The maximum atomic E-state index is 10.8. The molecule has 0 fully saturated rings. The number of hydrogen-bond donors (Lipinski definition) is 2. The molecular formula is C28H24N6O6RuS2. The minimum Gasteiger partial charge on any atom is -0.753 e. The van der Waals surface area contributed by atoms with E-state index >= 15 is 0 Å². The smallest absolute Gasteiger partial charge is 0.753 e. The third-order valence-corrected chi connectivity index (χ3v) is 4.62. The van der Waals surface area contributed by atoms with Crippen LogP contribution in [0.5, 0.6) is 11.5 Å². The van der Waals surface area contributed by atoms with Gasteiger partial charge in [-0.15, -0.1) is 0 Å². The summed E-state index contributed by atoms with van der Waals surface area (Å²) in [5.74, 6) is -0.557. The zero-order valence-corrected chi connectivity index (χ0v) is 26.1. The summed E-state index contributed by atoms with van der Waals surface area (Å²) < 4.78 is 10.9. The average molecular weight is 706 g/mol. The Morgan fingerprint density at radius 2 is 0.953 bits per heavy atom. The van der Waals surface area contributed by atoms with E-state index in [9.17, 15) is 9.59 Å². The zero-order valence-electron chi connectivity index (χ0n) is 22.7. The van der Waals surface area contributed by atoms with Gasteiger partial charge >= 0.3 is 31.4 Å². The van der Waals surface area contributed by atoms with Crippen LogP contribution < -0.4 is 9.47 Å². The van der Waals surface area contributed by atoms with E-state index in [-0.39, 0.29) is 30.6 Å². The number of aromatic nitrogens is 4. The Kier molecular flexibility index (Phi) is 19.6. The molecule has 0 aromatic carbocycles. The first-order valence-electron chi connectivity index (χ1n) is 11.8. The van der Waals surface area contributed by atoms with Crippen molar-refractivity contribution in [3.8, 4) is 34.3 Å². The van der Waals surface area contributed by atoms with Gasteiger partial charge in [-0.3, -0.25) is 19.9 Å². The zero-order chi connectivity index (χ0) is 31.3. The van der Waals surface area contributed by atoms with Crippen LogP contribution in [0.15, 0.2) is 73.3 Å². The number of hydrogen-bond acceptors (Lipinski definition) is 10. The predicted octanol–water partition coefficient (Wildman–Crippen LogP) is 5.80. The normalized spacial score (nSPS) is 8.79. The molecule has 0 saturated heterocycles. The van der Waals surface area contributed by atoms with Gasteiger partial charge in [0.15, 0.2) is 0 Å². The maximum Gasteiger partial charge on any atom is 2.00 e. The van der Waals surface area contributed by atoms with Crippen molar-refractivity contribution in [3.63, 3.8) is 0 Å². The molecule has 4 aromatic rings. The van der Waals surface area contributed by atoms with Crippen molar-refractivity contribution in [1.29, 1.82) is 0 Å². The van der Waals surface area contributed by atoms with Gasteiger partial charge in [-0.1, -0.05) is 24.4 Å². The molecule has 0 aliphatic heterocycles. The Labute approximate surface area is 271 Å². The molecule has 4 heterocycles. The molecule has 0 aliphatic carbocycles. The number of carboxylic acid groups (broad SMARTS) is 2. The molecule has 0 aliphatic rings. The van der Waals surface area contributed by atoms with Gasteiger partial charge in [0, 0.05) is 36.9 Å².